The maximum atomic E-state index is 11.6. The Morgan fingerprint density at radius 1 is 1.11 bits per heavy atom. The van der Waals surface area contributed by atoms with Gasteiger partial charge in [-0.2, -0.15) is 0 Å². The molecule has 0 spiro atoms. The largest absolute Gasteiger partial charge is 0.316 e. The van der Waals surface area contributed by atoms with E-state index in [-0.39, 0.29) is 0 Å². The molecule has 0 radical (unpaired) electrons. The van der Waals surface area contributed by atoms with Crippen LogP contribution >= 0.6 is 0 Å². The summed E-state index contributed by atoms with van der Waals surface area (Å²) in [5.41, 5.74) is 0. The minimum atomic E-state index is -2.74. The van der Waals surface area contributed by atoms with E-state index in [1.165, 1.54) is 25.7 Å². The molecule has 5 heteroatoms. The van der Waals surface area contributed by atoms with E-state index in [9.17, 15) is 8.42 Å². The van der Waals surface area contributed by atoms with Crippen LogP contribution in [0.5, 0.6) is 0 Å². The van der Waals surface area contributed by atoms with Crippen molar-refractivity contribution < 1.29 is 8.42 Å². The summed E-state index contributed by atoms with van der Waals surface area (Å²) in [5.74, 6) is 1.54. The van der Waals surface area contributed by atoms with E-state index in [1.54, 1.807) is 0 Å². The summed E-state index contributed by atoms with van der Waals surface area (Å²) in [4.78, 5) is 2.53. The number of hydrogen-bond donors (Lipinski definition) is 1. The monoisotopic (exact) mass is 272 g/mol. The predicted octanol–water partition coefficient (Wildman–Crippen LogP) is 0.638. The molecule has 2 unspecified atom stereocenters. The third-order valence-corrected chi connectivity index (χ3v) is 6.31. The molecule has 4 nitrogen and oxygen atoms in total. The molecular weight excluding hydrogens is 248 g/mol. The van der Waals surface area contributed by atoms with Crippen LogP contribution in [0, 0.1) is 5.92 Å². The molecule has 1 saturated carbocycles. The van der Waals surface area contributed by atoms with Crippen molar-refractivity contribution in [2.75, 3.05) is 31.1 Å². The highest BCUT2D eigenvalue weighted by molar-refractivity contribution is 7.91. The number of sulfone groups is 1. The van der Waals surface area contributed by atoms with Crippen molar-refractivity contribution in [3.63, 3.8) is 0 Å². The zero-order valence-corrected chi connectivity index (χ0v) is 11.8. The average Bonchev–Trinajstić information content (AvgIpc) is 3.12. The second-order valence-corrected chi connectivity index (χ2v) is 8.43. The highest BCUT2D eigenvalue weighted by Gasteiger charge is 2.40. The second-order valence-electron chi connectivity index (χ2n) is 6.20. The van der Waals surface area contributed by atoms with Crippen LogP contribution in [0.2, 0.25) is 0 Å². The van der Waals surface area contributed by atoms with Crippen molar-refractivity contribution in [3.8, 4) is 0 Å². The summed E-state index contributed by atoms with van der Waals surface area (Å²) in [5, 5.41) is 3.46. The van der Waals surface area contributed by atoms with Crippen LogP contribution in [0.1, 0.15) is 32.1 Å². The summed E-state index contributed by atoms with van der Waals surface area (Å²) in [7, 11) is -2.74. The van der Waals surface area contributed by atoms with Crippen molar-refractivity contribution in [2.24, 2.45) is 5.92 Å². The van der Waals surface area contributed by atoms with E-state index >= 15 is 0 Å². The Bertz CT molecular complexity index is 386. The topological polar surface area (TPSA) is 49.4 Å². The number of nitrogens with one attached hydrogen (secondary N) is 1. The van der Waals surface area contributed by atoms with Gasteiger partial charge >= 0.3 is 0 Å². The van der Waals surface area contributed by atoms with Gasteiger partial charge in [0.2, 0.25) is 0 Å². The van der Waals surface area contributed by atoms with Crippen LogP contribution in [0.4, 0.5) is 0 Å². The van der Waals surface area contributed by atoms with Crippen molar-refractivity contribution in [1.29, 1.82) is 0 Å². The zero-order chi connectivity index (χ0) is 12.6. The van der Waals surface area contributed by atoms with Gasteiger partial charge in [-0.25, -0.2) is 8.42 Å². The molecule has 2 atom stereocenters. The molecule has 104 valence electrons. The van der Waals surface area contributed by atoms with E-state index in [2.05, 4.69) is 10.2 Å². The molecule has 18 heavy (non-hydrogen) atoms. The van der Waals surface area contributed by atoms with Gasteiger partial charge < -0.3 is 5.32 Å². The molecule has 1 aliphatic carbocycles. The Labute approximate surface area is 110 Å². The van der Waals surface area contributed by atoms with Crippen LogP contribution < -0.4 is 5.32 Å². The first-order valence-electron chi connectivity index (χ1n) is 7.31. The van der Waals surface area contributed by atoms with Crippen molar-refractivity contribution in [2.45, 2.75) is 44.2 Å². The van der Waals surface area contributed by atoms with E-state index in [4.69, 9.17) is 0 Å². The number of hydrogen-bond acceptors (Lipinski definition) is 4. The molecule has 2 aliphatic heterocycles. The van der Waals surface area contributed by atoms with E-state index in [0.717, 1.165) is 32.0 Å². The summed E-state index contributed by atoms with van der Waals surface area (Å²) in [6.45, 7) is 3.37. The number of piperidine rings is 1. The standard InChI is InChI=1S/C13H24N2O2S/c16-18(17)7-5-13(10-18)15(12-3-4-12)9-11-2-1-6-14-8-11/h11-14H,1-10H2. The zero-order valence-electron chi connectivity index (χ0n) is 11.0. The Morgan fingerprint density at radius 3 is 2.50 bits per heavy atom. The van der Waals surface area contributed by atoms with Crippen molar-refractivity contribution in [3.05, 3.63) is 0 Å². The molecule has 2 saturated heterocycles. The van der Waals surface area contributed by atoms with Gasteiger partial charge in [0.15, 0.2) is 9.84 Å². The van der Waals surface area contributed by atoms with Crippen LogP contribution in [-0.4, -0.2) is 56.5 Å². The quantitative estimate of drug-likeness (QED) is 0.816. The Balaban J connectivity index is 1.61. The van der Waals surface area contributed by atoms with Gasteiger partial charge in [-0.3, -0.25) is 4.90 Å². The smallest absolute Gasteiger partial charge is 0.151 e. The lowest BCUT2D eigenvalue weighted by Gasteiger charge is -2.33. The molecule has 1 N–H and O–H groups in total. The maximum absolute atomic E-state index is 11.6. The lowest BCUT2D eigenvalue weighted by atomic mass is 9.98. The summed E-state index contributed by atoms with van der Waals surface area (Å²) < 4.78 is 23.3. The molecule has 0 aromatic rings. The molecule has 0 amide bonds. The Hall–Kier alpha value is -0.130. The molecule has 2 heterocycles. The molecule has 0 bridgehead atoms. The van der Waals surface area contributed by atoms with E-state index < -0.39 is 9.84 Å². The summed E-state index contributed by atoms with van der Waals surface area (Å²) in [6.07, 6.45) is 5.98. The van der Waals surface area contributed by atoms with Gasteiger partial charge in [0.1, 0.15) is 0 Å². The molecule has 3 fully saturated rings. The van der Waals surface area contributed by atoms with Crippen LogP contribution in [-0.2, 0) is 9.84 Å². The first kappa shape index (κ1) is 12.9. The highest BCUT2D eigenvalue weighted by atomic mass is 32.2. The minimum absolute atomic E-state index is 0.310. The Kier molecular flexibility index (Phi) is 3.65. The lowest BCUT2D eigenvalue weighted by molar-refractivity contribution is 0.156. The first-order valence-corrected chi connectivity index (χ1v) is 9.13. The molecule has 3 aliphatic rings. The number of nitrogens with zero attached hydrogens (tertiary/aromatic N) is 1. The SMILES string of the molecule is O=S1(=O)CCC(N(CC2CCCNC2)C2CC2)C1. The molecule has 3 rings (SSSR count). The van der Waals surface area contributed by atoms with Gasteiger partial charge in [0.05, 0.1) is 11.5 Å². The van der Waals surface area contributed by atoms with Crippen LogP contribution in [0.3, 0.4) is 0 Å². The fourth-order valence-electron chi connectivity index (χ4n) is 3.42. The predicted molar refractivity (Wildman–Crippen MR) is 72.4 cm³/mol. The van der Waals surface area contributed by atoms with Crippen LogP contribution in [0.15, 0.2) is 0 Å². The lowest BCUT2D eigenvalue weighted by Crippen LogP contribution is -2.44. The van der Waals surface area contributed by atoms with E-state index in [1.807, 2.05) is 0 Å². The van der Waals surface area contributed by atoms with Gasteiger partial charge in [-0.1, -0.05) is 0 Å². The second kappa shape index (κ2) is 5.10. The van der Waals surface area contributed by atoms with E-state index in [0.29, 0.717) is 23.6 Å². The molecular formula is C13H24N2O2S. The Morgan fingerprint density at radius 2 is 1.94 bits per heavy atom. The average molecular weight is 272 g/mol. The first-order chi connectivity index (χ1) is 8.64. The number of rotatable bonds is 4. The van der Waals surface area contributed by atoms with Crippen molar-refractivity contribution in [1.82, 2.24) is 10.2 Å². The van der Waals surface area contributed by atoms with Gasteiger partial charge in [0, 0.05) is 18.6 Å². The van der Waals surface area contributed by atoms with Gasteiger partial charge in [-0.15, -0.1) is 0 Å². The normalized spacial score (nSPS) is 36.1. The maximum Gasteiger partial charge on any atom is 0.151 e. The molecule has 0 aromatic carbocycles. The fraction of sp³-hybridized carbons (Fsp3) is 1.00. The summed E-state index contributed by atoms with van der Waals surface area (Å²) >= 11 is 0. The third kappa shape index (κ3) is 3.06. The van der Waals surface area contributed by atoms with Crippen LogP contribution in [0.25, 0.3) is 0 Å². The van der Waals surface area contributed by atoms with Crippen molar-refractivity contribution >= 4 is 9.84 Å². The third-order valence-electron chi connectivity index (χ3n) is 4.56. The summed E-state index contributed by atoms with van der Waals surface area (Å²) in [6, 6.07) is 0.995. The van der Waals surface area contributed by atoms with Gasteiger partial charge in [0.25, 0.3) is 0 Å². The highest BCUT2D eigenvalue weighted by Crippen LogP contribution is 2.33. The fourth-order valence-corrected chi connectivity index (χ4v) is 5.16. The molecule has 0 aromatic heterocycles. The minimum Gasteiger partial charge on any atom is -0.316 e. The van der Waals surface area contributed by atoms with Gasteiger partial charge in [-0.05, 0) is 51.1 Å².